The molecule has 1 aromatic carbocycles. The molecule has 0 bridgehead atoms. The molecule has 118 valence electrons. The minimum absolute atomic E-state index is 0.227. The van der Waals surface area contributed by atoms with E-state index in [9.17, 15) is 8.42 Å². The Balaban J connectivity index is 1.77. The van der Waals surface area contributed by atoms with Crippen LogP contribution in [0.1, 0.15) is 30.8 Å². The smallest absolute Gasteiger partial charge is 0.244 e. The summed E-state index contributed by atoms with van der Waals surface area (Å²) in [6.07, 6.45) is 1.15. The molecule has 1 aliphatic rings. The quantitative estimate of drug-likeness (QED) is 0.784. The third-order valence-electron chi connectivity index (χ3n) is 4.06. The molecule has 1 aliphatic carbocycles. The van der Waals surface area contributed by atoms with Crippen LogP contribution in [0.2, 0.25) is 0 Å². The molecule has 1 heterocycles. The molecule has 0 amide bonds. The minimum atomic E-state index is -3.55. The number of furan rings is 1. The van der Waals surface area contributed by atoms with Crippen molar-refractivity contribution in [1.29, 1.82) is 0 Å². The van der Waals surface area contributed by atoms with E-state index < -0.39 is 10.0 Å². The maximum atomic E-state index is 12.6. The predicted molar refractivity (Wildman–Crippen MR) is 88.0 cm³/mol. The summed E-state index contributed by atoms with van der Waals surface area (Å²) in [7, 11) is -1.98. The van der Waals surface area contributed by atoms with Crippen molar-refractivity contribution in [2.75, 3.05) is 7.05 Å². The first-order valence-electron chi connectivity index (χ1n) is 7.19. The zero-order valence-corrected chi connectivity index (χ0v) is 14.9. The van der Waals surface area contributed by atoms with Gasteiger partial charge in [0, 0.05) is 17.4 Å². The lowest BCUT2D eigenvalue weighted by molar-refractivity contribution is 0.389. The van der Waals surface area contributed by atoms with E-state index >= 15 is 0 Å². The Hall–Kier alpha value is -1.11. The summed E-state index contributed by atoms with van der Waals surface area (Å²) in [4.78, 5) is 0.264. The van der Waals surface area contributed by atoms with Gasteiger partial charge in [-0.05, 0) is 52.5 Å². The highest BCUT2D eigenvalue weighted by Gasteiger charge is 2.36. The van der Waals surface area contributed by atoms with E-state index in [0.717, 1.165) is 12.2 Å². The summed E-state index contributed by atoms with van der Waals surface area (Å²) in [6, 6.07) is 10.6. The number of sulfonamides is 1. The van der Waals surface area contributed by atoms with Gasteiger partial charge in [0.1, 0.15) is 11.5 Å². The second-order valence-electron chi connectivity index (χ2n) is 5.82. The summed E-state index contributed by atoms with van der Waals surface area (Å²) < 4.78 is 32.9. The molecule has 0 radical (unpaired) electrons. The van der Waals surface area contributed by atoms with E-state index in [-0.39, 0.29) is 11.4 Å². The first-order valence-corrected chi connectivity index (χ1v) is 9.42. The van der Waals surface area contributed by atoms with Crippen LogP contribution in [0.5, 0.6) is 0 Å². The molecule has 0 spiro atoms. The normalized spacial score (nSPS) is 21.3. The van der Waals surface area contributed by atoms with Crippen molar-refractivity contribution in [3.8, 4) is 0 Å². The van der Waals surface area contributed by atoms with Crippen LogP contribution in [-0.2, 0) is 16.6 Å². The largest absolute Gasteiger partial charge is 0.464 e. The van der Waals surface area contributed by atoms with Gasteiger partial charge in [-0.2, -0.15) is 4.31 Å². The second-order valence-corrected chi connectivity index (χ2v) is 8.68. The molecule has 1 aromatic heterocycles. The number of halogens is 1. The average Bonchev–Trinajstić information content (AvgIpc) is 3.02. The maximum Gasteiger partial charge on any atom is 0.244 e. The summed E-state index contributed by atoms with van der Waals surface area (Å²) in [5.41, 5.74) is 0. The molecule has 0 saturated heterocycles. The van der Waals surface area contributed by atoms with E-state index in [1.807, 2.05) is 12.1 Å². The van der Waals surface area contributed by atoms with Gasteiger partial charge in [0.05, 0.1) is 11.4 Å². The molecular formula is C16H18BrNO3S. The SMILES string of the molecule is C[C@@H]1C[C@@H]1c1ccc(CN(C)S(=O)(=O)c2ccccc2Br)o1. The number of rotatable bonds is 5. The molecule has 2 aromatic rings. The fourth-order valence-electron chi connectivity index (χ4n) is 2.52. The molecule has 0 N–H and O–H groups in total. The van der Waals surface area contributed by atoms with Crippen LogP contribution < -0.4 is 0 Å². The highest BCUT2D eigenvalue weighted by molar-refractivity contribution is 9.10. The molecule has 6 heteroatoms. The fraction of sp³-hybridized carbons (Fsp3) is 0.375. The van der Waals surface area contributed by atoms with Crippen molar-refractivity contribution in [2.24, 2.45) is 5.92 Å². The lowest BCUT2D eigenvalue weighted by atomic mass is 10.3. The van der Waals surface area contributed by atoms with E-state index in [0.29, 0.717) is 22.1 Å². The highest BCUT2D eigenvalue weighted by Crippen LogP contribution is 2.47. The molecular weight excluding hydrogens is 366 g/mol. The van der Waals surface area contributed by atoms with Gasteiger partial charge in [-0.15, -0.1) is 0 Å². The van der Waals surface area contributed by atoms with Crippen LogP contribution in [0.4, 0.5) is 0 Å². The lowest BCUT2D eigenvalue weighted by Gasteiger charge is -2.16. The molecule has 0 unspecified atom stereocenters. The van der Waals surface area contributed by atoms with Crippen LogP contribution >= 0.6 is 15.9 Å². The Bertz CT molecular complexity index is 784. The van der Waals surface area contributed by atoms with Gasteiger partial charge in [-0.25, -0.2) is 8.42 Å². The molecule has 1 fully saturated rings. The van der Waals surface area contributed by atoms with Gasteiger partial charge in [0.2, 0.25) is 10.0 Å². The van der Waals surface area contributed by atoms with Crippen molar-refractivity contribution >= 4 is 26.0 Å². The van der Waals surface area contributed by atoms with Gasteiger partial charge in [0.15, 0.2) is 0 Å². The number of hydrogen-bond acceptors (Lipinski definition) is 3. The molecule has 3 rings (SSSR count). The van der Waals surface area contributed by atoms with Gasteiger partial charge in [-0.3, -0.25) is 0 Å². The third-order valence-corrected chi connectivity index (χ3v) is 6.88. The number of nitrogens with zero attached hydrogens (tertiary/aromatic N) is 1. The Kier molecular flexibility index (Phi) is 4.18. The molecule has 4 nitrogen and oxygen atoms in total. The van der Waals surface area contributed by atoms with E-state index in [1.54, 1.807) is 31.3 Å². The summed E-state index contributed by atoms with van der Waals surface area (Å²) in [5, 5.41) is 0. The zero-order chi connectivity index (χ0) is 15.9. The summed E-state index contributed by atoms with van der Waals surface area (Å²) in [6.45, 7) is 2.42. The zero-order valence-electron chi connectivity index (χ0n) is 12.5. The standard InChI is InChI=1S/C16H18BrNO3S/c1-11-9-13(11)15-8-7-12(21-15)10-18(2)22(19,20)16-6-4-3-5-14(16)17/h3-8,11,13H,9-10H2,1-2H3/t11-,13+/m1/s1. The lowest BCUT2D eigenvalue weighted by Crippen LogP contribution is -2.26. The van der Waals surface area contributed by atoms with Crippen molar-refractivity contribution in [2.45, 2.75) is 30.7 Å². The van der Waals surface area contributed by atoms with Crippen molar-refractivity contribution in [3.63, 3.8) is 0 Å². The van der Waals surface area contributed by atoms with Crippen LogP contribution in [-0.4, -0.2) is 19.8 Å². The van der Waals surface area contributed by atoms with Crippen LogP contribution in [0.15, 0.2) is 50.2 Å². The molecule has 22 heavy (non-hydrogen) atoms. The number of benzene rings is 1. The summed E-state index contributed by atoms with van der Waals surface area (Å²) in [5.74, 6) is 2.81. The van der Waals surface area contributed by atoms with Gasteiger partial charge >= 0.3 is 0 Å². The van der Waals surface area contributed by atoms with Crippen LogP contribution in [0.25, 0.3) is 0 Å². The van der Waals surface area contributed by atoms with Gasteiger partial charge < -0.3 is 4.42 Å². The first-order chi connectivity index (χ1) is 10.4. The molecule has 0 aliphatic heterocycles. The monoisotopic (exact) mass is 383 g/mol. The van der Waals surface area contributed by atoms with E-state index in [1.165, 1.54) is 4.31 Å². The maximum absolute atomic E-state index is 12.6. The van der Waals surface area contributed by atoms with Crippen molar-refractivity contribution in [3.05, 3.63) is 52.4 Å². The van der Waals surface area contributed by atoms with Crippen LogP contribution in [0.3, 0.4) is 0 Å². The first kappa shape index (κ1) is 15.8. The predicted octanol–water partition coefficient (Wildman–Crippen LogP) is 3.99. The minimum Gasteiger partial charge on any atom is -0.464 e. The van der Waals surface area contributed by atoms with Crippen molar-refractivity contribution < 1.29 is 12.8 Å². The van der Waals surface area contributed by atoms with Crippen molar-refractivity contribution in [1.82, 2.24) is 4.31 Å². The highest BCUT2D eigenvalue weighted by atomic mass is 79.9. The fourth-order valence-corrected chi connectivity index (χ4v) is 4.62. The van der Waals surface area contributed by atoms with E-state index in [4.69, 9.17) is 4.42 Å². The Labute approximate surface area is 139 Å². The molecule has 2 atom stereocenters. The number of hydrogen-bond donors (Lipinski definition) is 0. The van der Waals surface area contributed by atoms with Crippen LogP contribution in [0, 0.1) is 5.92 Å². The third kappa shape index (κ3) is 3.00. The van der Waals surface area contributed by atoms with Gasteiger partial charge in [-0.1, -0.05) is 19.1 Å². The molecule has 1 saturated carbocycles. The van der Waals surface area contributed by atoms with E-state index in [2.05, 4.69) is 22.9 Å². The van der Waals surface area contributed by atoms with Gasteiger partial charge in [0.25, 0.3) is 0 Å². The Morgan fingerprint density at radius 3 is 2.59 bits per heavy atom. The average molecular weight is 384 g/mol. The Morgan fingerprint density at radius 1 is 1.27 bits per heavy atom. The summed E-state index contributed by atoms with van der Waals surface area (Å²) >= 11 is 3.29. The second kappa shape index (κ2) is 5.83. The topological polar surface area (TPSA) is 50.5 Å². The Morgan fingerprint density at radius 2 is 1.95 bits per heavy atom.